The average Bonchev–Trinajstić information content (AvgIpc) is 2.76. The summed E-state index contributed by atoms with van der Waals surface area (Å²) in [4.78, 5) is 23.0. The van der Waals surface area contributed by atoms with Gasteiger partial charge in [-0.1, -0.05) is 17.7 Å². The topological polar surface area (TPSA) is 61.5 Å². The molecule has 0 amide bonds. The van der Waals surface area contributed by atoms with E-state index in [9.17, 15) is 9.18 Å². The minimum Gasteiger partial charge on any atom is -0.478 e. The number of benzene rings is 1. The molecule has 1 fully saturated rings. The summed E-state index contributed by atoms with van der Waals surface area (Å²) in [7, 11) is 0. The molecule has 0 atom stereocenters. The zero-order valence-electron chi connectivity index (χ0n) is 16.6. The lowest BCUT2D eigenvalue weighted by Crippen LogP contribution is -2.46. The molecule has 158 valence electrons. The maximum atomic E-state index is 13.7. The first-order chi connectivity index (χ1) is 14.6. The lowest BCUT2D eigenvalue weighted by Gasteiger charge is -2.36. The lowest BCUT2D eigenvalue weighted by molar-refractivity contribution is 0.236. The Hall–Kier alpha value is -2.64. The van der Waals surface area contributed by atoms with Gasteiger partial charge in [-0.05, 0) is 43.7 Å². The molecule has 1 saturated heterocycles. The van der Waals surface area contributed by atoms with Gasteiger partial charge < -0.3 is 14.6 Å². The second-order valence-electron chi connectivity index (χ2n) is 7.37. The third-order valence-electron chi connectivity index (χ3n) is 5.32. The largest absolute Gasteiger partial charge is 0.478 e. The summed E-state index contributed by atoms with van der Waals surface area (Å²) in [6.45, 7) is 5.08. The third-order valence-corrected chi connectivity index (χ3v) is 5.69. The van der Waals surface area contributed by atoms with Crippen LogP contribution in [-0.4, -0.2) is 54.2 Å². The van der Waals surface area contributed by atoms with E-state index in [4.69, 9.17) is 16.3 Å². The predicted octanol–water partition coefficient (Wildman–Crippen LogP) is 3.70. The number of halogens is 2. The van der Waals surface area contributed by atoms with Gasteiger partial charge in [0.25, 0.3) is 0 Å². The molecule has 1 aliphatic rings. The Morgan fingerprint density at radius 1 is 1.07 bits per heavy atom. The van der Waals surface area contributed by atoms with Crippen molar-refractivity contribution in [3.8, 4) is 5.88 Å². The van der Waals surface area contributed by atoms with Crippen molar-refractivity contribution in [1.82, 2.24) is 14.9 Å². The highest BCUT2D eigenvalue weighted by Crippen LogP contribution is 2.28. The maximum absolute atomic E-state index is 13.7. The van der Waals surface area contributed by atoms with Crippen LogP contribution in [0.3, 0.4) is 0 Å². The number of pyridine rings is 2. The summed E-state index contributed by atoms with van der Waals surface area (Å²) in [5, 5.41) is 1.08. The van der Waals surface area contributed by atoms with Gasteiger partial charge in [0.1, 0.15) is 11.5 Å². The van der Waals surface area contributed by atoms with Crippen LogP contribution >= 0.6 is 11.6 Å². The van der Waals surface area contributed by atoms with Gasteiger partial charge in [0.2, 0.25) is 11.4 Å². The van der Waals surface area contributed by atoms with Gasteiger partial charge >= 0.3 is 0 Å². The second-order valence-corrected chi connectivity index (χ2v) is 7.75. The third kappa shape index (κ3) is 4.91. The number of piperazine rings is 1. The van der Waals surface area contributed by atoms with Crippen LogP contribution in [0.5, 0.6) is 5.88 Å². The van der Waals surface area contributed by atoms with Crippen LogP contribution in [0.4, 0.5) is 10.1 Å². The van der Waals surface area contributed by atoms with Crippen LogP contribution in [0.15, 0.2) is 47.3 Å². The van der Waals surface area contributed by atoms with E-state index in [0.29, 0.717) is 18.1 Å². The van der Waals surface area contributed by atoms with Gasteiger partial charge in [-0.3, -0.25) is 9.69 Å². The Morgan fingerprint density at radius 2 is 1.87 bits per heavy atom. The number of fused-ring (bicyclic) bond motifs is 1. The van der Waals surface area contributed by atoms with Crippen LogP contribution in [0.2, 0.25) is 5.02 Å². The monoisotopic (exact) mass is 430 g/mol. The highest BCUT2D eigenvalue weighted by molar-refractivity contribution is 6.33. The van der Waals surface area contributed by atoms with Crippen LogP contribution in [-0.2, 0) is 0 Å². The van der Waals surface area contributed by atoms with Crippen molar-refractivity contribution in [1.29, 1.82) is 0 Å². The fraction of sp³-hybridized carbons (Fsp3) is 0.364. The molecule has 2 aromatic heterocycles. The van der Waals surface area contributed by atoms with Gasteiger partial charge in [-0.25, -0.2) is 4.39 Å². The molecular weight excluding hydrogens is 407 g/mol. The highest BCUT2D eigenvalue weighted by Gasteiger charge is 2.19. The number of ether oxygens (including phenoxy) is 1. The van der Waals surface area contributed by atoms with Crippen molar-refractivity contribution in [2.45, 2.75) is 12.8 Å². The summed E-state index contributed by atoms with van der Waals surface area (Å²) in [5.74, 6) is 0.147. The van der Waals surface area contributed by atoms with Gasteiger partial charge in [0.05, 0.1) is 17.3 Å². The van der Waals surface area contributed by atoms with Crippen molar-refractivity contribution in [2.24, 2.45) is 0 Å². The Morgan fingerprint density at radius 3 is 2.70 bits per heavy atom. The number of H-pyrrole nitrogens is 1. The number of aromatic amines is 1. The molecule has 0 saturated carbocycles. The SMILES string of the molecule is O=c1ccc2ccc(OCCCCN3CCN(c4cccc(F)c4Cl)CC3)nc2[nH]1. The van der Waals surface area contributed by atoms with Crippen LogP contribution in [0, 0.1) is 5.82 Å². The zero-order chi connectivity index (χ0) is 20.9. The minimum atomic E-state index is -0.371. The lowest BCUT2D eigenvalue weighted by atomic mass is 10.2. The summed E-state index contributed by atoms with van der Waals surface area (Å²) in [5.41, 5.74) is 1.14. The van der Waals surface area contributed by atoms with Crippen LogP contribution in [0.1, 0.15) is 12.8 Å². The Labute approximate surface area is 179 Å². The van der Waals surface area contributed by atoms with Crippen molar-refractivity contribution in [3.63, 3.8) is 0 Å². The molecule has 3 heterocycles. The number of nitrogens with one attached hydrogen (secondary N) is 1. The van der Waals surface area contributed by atoms with E-state index in [1.165, 1.54) is 12.1 Å². The molecule has 1 aliphatic heterocycles. The number of hydrogen-bond acceptors (Lipinski definition) is 5. The maximum Gasteiger partial charge on any atom is 0.249 e. The summed E-state index contributed by atoms with van der Waals surface area (Å²) in [6, 6.07) is 11.9. The molecule has 6 nitrogen and oxygen atoms in total. The molecule has 30 heavy (non-hydrogen) atoms. The molecule has 1 aromatic carbocycles. The molecule has 3 aromatic rings. The van der Waals surface area contributed by atoms with Crippen molar-refractivity contribution >= 4 is 28.3 Å². The van der Waals surface area contributed by atoms with Gasteiger partial charge in [0, 0.05) is 43.7 Å². The van der Waals surface area contributed by atoms with Gasteiger partial charge in [-0.2, -0.15) is 4.98 Å². The molecule has 0 spiro atoms. The van der Waals surface area contributed by atoms with Gasteiger partial charge in [-0.15, -0.1) is 0 Å². The quantitative estimate of drug-likeness (QED) is 0.579. The number of hydrogen-bond donors (Lipinski definition) is 1. The Bertz CT molecular complexity index is 1070. The molecular formula is C22H24ClFN4O2. The van der Waals surface area contributed by atoms with E-state index in [1.54, 1.807) is 12.1 Å². The van der Waals surface area contributed by atoms with Crippen molar-refractivity contribution in [3.05, 3.63) is 63.7 Å². The van der Waals surface area contributed by atoms with Crippen molar-refractivity contribution < 1.29 is 9.13 Å². The highest BCUT2D eigenvalue weighted by atomic mass is 35.5. The molecule has 0 radical (unpaired) electrons. The summed E-state index contributed by atoms with van der Waals surface area (Å²) < 4.78 is 19.4. The molecule has 0 bridgehead atoms. The average molecular weight is 431 g/mol. The summed E-state index contributed by atoms with van der Waals surface area (Å²) >= 11 is 6.11. The second kappa shape index (κ2) is 9.45. The van der Waals surface area contributed by atoms with Crippen LogP contribution in [0.25, 0.3) is 11.0 Å². The smallest absolute Gasteiger partial charge is 0.249 e. The molecule has 0 unspecified atom stereocenters. The molecule has 8 heteroatoms. The Balaban J connectivity index is 1.18. The van der Waals surface area contributed by atoms with E-state index < -0.39 is 0 Å². The van der Waals surface area contributed by atoms with E-state index >= 15 is 0 Å². The number of rotatable bonds is 7. The number of unbranched alkanes of at least 4 members (excludes halogenated alkanes) is 1. The first-order valence-electron chi connectivity index (χ1n) is 10.1. The minimum absolute atomic E-state index is 0.174. The van der Waals surface area contributed by atoms with Crippen molar-refractivity contribution in [2.75, 3.05) is 44.2 Å². The van der Waals surface area contributed by atoms with Gasteiger partial charge in [0.15, 0.2) is 0 Å². The van der Waals surface area contributed by atoms with E-state index in [-0.39, 0.29) is 16.4 Å². The first kappa shape index (κ1) is 20.6. The van der Waals surface area contributed by atoms with E-state index in [0.717, 1.165) is 56.6 Å². The molecule has 1 N–H and O–H groups in total. The van der Waals surface area contributed by atoms with E-state index in [2.05, 4.69) is 19.8 Å². The molecule has 4 rings (SSSR count). The summed E-state index contributed by atoms with van der Waals surface area (Å²) in [6.07, 6.45) is 1.94. The molecule has 0 aliphatic carbocycles. The fourth-order valence-electron chi connectivity index (χ4n) is 3.65. The number of nitrogens with zero attached hydrogens (tertiary/aromatic N) is 3. The zero-order valence-corrected chi connectivity index (χ0v) is 17.4. The number of aromatic nitrogens is 2. The first-order valence-corrected chi connectivity index (χ1v) is 10.5. The Kier molecular flexibility index (Phi) is 6.50. The predicted molar refractivity (Wildman–Crippen MR) is 117 cm³/mol. The number of anilines is 1. The fourth-order valence-corrected chi connectivity index (χ4v) is 3.90. The van der Waals surface area contributed by atoms with E-state index in [1.807, 2.05) is 18.2 Å². The van der Waals surface area contributed by atoms with Crippen LogP contribution < -0.4 is 15.2 Å². The normalized spacial score (nSPS) is 14.9. The standard InChI is InChI=1S/C22H24ClFN4O2/c23-21-17(24)4-3-5-18(21)28-13-11-27(12-14-28)10-1-2-15-30-20-9-7-16-6-8-19(29)25-22(16)26-20/h3-9H,1-2,10-15H2,(H,25,26,29).